The first-order valence-electron chi connectivity index (χ1n) is 6.08. The summed E-state index contributed by atoms with van der Waals surface area (Å²) in [5.74, 6) is -2.95. The number of carbonyl (C=O) groups excluding carboxylic acids is 2. The predicted octanol–water partition coefficient (Wildman–Crippen LogP) is 1.81. The zero-order chi connectivity index (χ0) is 15.0. The topological polar surface area (TPSA) is 92.7 Å². The van der Waals surface area contributed by atoms with Crippen molar-refractivity contribution in [2.45, 2.75) is 20.3 Å². The molecule has 0 spiro atoms. The highest BCUT2D eigenvalue weighted by Gasteiger charge is 2.48. The smallest absolute Gasteiger partial charge is 0.341 e. The molecule has 0 aromatic carbocycles. The summed E-state index contributed by atoms with van der Waals surface area (Å²) < 4.78 is 4.71. The molecule has 1 aliphatic rings. The highest BCUT2D eigenvalue weighted by Crippen LogP contribution is 2.41. The number of esters is 1. The second-order valence-corrected chi connectivity index (χ2v) is 5.98. The number of amides is 1. The molecule has 0 radical (unpaired) electrons. The molecule has 0 aliphatic heterocycles. The van der Waals surface area contributed by atoms with Gasteiger partial charge in [-0.1, -0.05) is 0 Å². The van der Waals surface area contributed by atoms with Gasteiger partial charge in [0.25, 0.3) is 0 Å². The van der Waals surface area contributed by atoms with Gasteiger partial charge in [0.1, 0.15) is 5.00 Å². The Morgan fingerprint density at radius 1 is 1.30 bits per heavy atom. The van der Waals surface area contributed by atoms with Crippen molar-refractivity contribution < 1.29 is 24.2 Å². The molecular weight excluding hydrogens is 282 g/mol. The van der Waals surface area contributed by atoms with Gasteiger partial charge in [-0.15, -0.1) is 11.3 Å². The number of hydrogen-bond acceptors (Lipinski definition) is 5. The Bertz CT molecular complexity index is 592. The van der Waals surface area contributed by atoms with Crippen LogP contribution >= 0.6 is 11.3 Å². The molecule has 0 bridgehead atoms. The van der Waals surface area contributed by atoms with E-state index in [1.165, 1.54) is 18.4 Å². The van der Waals surface area contributed by atoms with Crippen molar-refractivity contribution in [3.8, 4) is 0 Å². The lowest BCUT2D eigenvalue weighted by molar-refractivity contribution is -0.139. The molecule has 2 atom stereocenters. The fourth-order valence-electron chi connectivity index (χ4n) is 2.03. The Kier molecular flexibility index (Phi) is 3.80. The molecule has 1 aromatic heterocycles. The van der Waals surface area contributed by atoms with Crippen LogP contribution in [-0.2, 0) is 14.3 Å². The Balaban J connectivity index is 2.18. The number of aryl methyl sites for hydroxylation is 1. The molecule has 1 fully saturated rings. The standard InChI is InChI=1S/C13H15NO5S/c1-5-6(2)20-11(9(5)13(18)19-3)14-10(15)7-4-8(7)12(16)17/h7-8H,4H2,1-3H3,(H,14,15)(H,16,17)/t7-,8+/m1/s1. The molecule has 20 heavy (non-hydrogen) atoms. The van der Waals surface area contributed by atoms with E-state index < -0.39 is 23.8 Å². The second-order valence-electron chi connectivity index (χ2n) is 4.76. The van der Waals surface area contributed by atoms with Gasteiger partial charge in [0.2, 0.25) is 5.91 Å². The highest BCUT2D eigenvalue weighted by atomic mass is 32.1. The van der Waals surface area contributed by atoms with Crippen LogP contribution in [0.1, 0.15) is 27.2 Å². The average molecular weight is 297 g/mol. The minimum atomic E-state index is -0.961. The van der Waals surface area contributed by atoms with E-state index in [-0.39, 0.29) is 5.91 Å². The van der Waals surface area contributed by atoms with E-state index in [1.54, 1.807) is 6.92 Å². The summed E-state index contributed by atoms with van der Waals surface area (Å²) >= 11 is 1.29. The minimum absolute atomic E-state index is 0.343. The lowest BCUT2D eigenvalue weighted by Gasteiger charge is -2.05. The van der Waals surface area contributed by atoms with Crippen LogP contribution in [0, 0.1) is 25.7 Å². The van der Waals surface area contributed by atoms with Crippen LogP contribution in [0.15, 0.2) is 0 Å². The molecule has 2 N–H and O–H groups in total. The van der Waals surface area contributed by atoms with E-state index in [1.807, 2.05) is 6.92 Å². The number of hydrogen-bond donors (Lipinski definition) is 2. The van der Waals surface area contributed by atoms with Gasteiger partial charge < -0.3 is 15.2 Å². The van der Waals surface area contributed by atoms with E-state index in [0.29, 0.717) is 17.0 Å². The van der Waals surface area contributed by atoms with Gasteiger partial charge in [-0.2, -0.15) is 0 Å². The molecular formula is C13H15NO5S. The van der Waals surface area contributed by atoms with E-state index in [0.717, 1.165) is 10.4 Å². The Morgan fingerprint density at radius 2 is 1.95 bits per heavy atom. The summed E-state index contributed by atoms with van der Waals surface area (Å²) in [6.45, 7) is 3.63. The number of aliphatic carboxylic acids is 1. The molecule has 1 aromatic rings. The number of ether oxygens (including phenoxy) is 1. The molecule has 2 rings (SSSR count). The lowest BCUT2D eigenvalue weighted by Crippen LogP contribution is -2.18. The molecule has 7 heteroatoms. The number of anilines is 1. The third-order valence-corrected chi connectivity index (χ3v) is 4.58. The number of carboxylic acids is 1. The number of thiophene rings is 1. The first-order valence-corrected chi connectivity index (χ1v) is 6.90. The van der Waals surface area contributed by atoms with Crippen molar-refractivity contribution >= 4 is 34.2 Å². The van der Waals surface area contributed by atoms with Crippen LogP contribution in [0.4, 0.5) is 5.00 Å². The largest absolute Gasteiger partial charge is 0.481 e. The maximum atomic E-state index is 12.0. The third-order valence-electron chi connectivity index (χ3n) is 3.46. The fraction of sp³-hybridized carbons (Fsp3) is 0.462. The average Bonchev–Trinajstić information content (AvgIpc) is 3.13. The summed E-state index contributed by atoms with van der Waals surface area (Å²) in [5.41, 5.74) is 1.11. The summed E-state index contributed by atoms with van der Waals surface area (Å²) in [6, 6.07) is 0. The van der Waals surface area contributed by atoms with Crippen LogP contribution in [0.3, 0.4) is 0 Å². The summed E-state index contributed by atoms with van der Waals surface area (Å²) in [4.78, 5) is 35.4. The van der Waals surface area contributed by atoms with Gasteiger partial charge in [-0.05, 0) is 25.8 Å². The van der Waals surface area contributed by atoms with Gasteiger partial charge in [0, 0.05) is 4.88 Å². The first kappa shape index (κ1) is 14.5. The number of methoxy groups -OCH3 is 1. The molecule has 108 valence electrons. The van der Waals surface area contributed by atoms with Crippen LogP contribution < -0.4 is 5.32 Å². The minimum Gasteiger partial charge on any atom is -0.481 e. The molecule has 1 amide bonds. The van der Waals surface area contributed by atoms with Crippen molar-refractivity contribution in [3.05, 3.63) is 16.0 Å². The SMILES string of the molecule is COC(=O)c1c(NC(=O)[C@@H]2C[C@@H]2C(=O)O)sc(C)c1C. The van der Waals surface area contributed by atoms with Crippen molar-refractivity contribution in [1.82, 2.24) is 0 Å². The van der Waals surface area contributed by atoms with E-state index in [2.05, 4.69) is 5.32 Å². The van der Waals surface area contributed by atoms with E-state index >= 15 is 0 Å². The second kappa shape index (κ2) is 5.24. The number of carbonyl (C=O) groups is 3. The molecule has 1 aliphatic carbocycles. The van der Waals surface area contributed by atoms with Gasteiger partial charge in [0.05, 0.1) is 24.5 Å². The first-order chi connectivity index (χ1) is 9.36. The number of rotatable bonds is 4. The summed E-state index contributed by atoms with van der Waals surface area (Å²) in [7, 11) is 1.28. The molecule has 1 heterocycles. The summed E-state index contributed by atoms with van der Waals surface area (Å²) in [5, 5.41) is 11.9. The van der Waals surface area contributed by atoms with E-state index in [9.17, 15) is 14.4 Å². The Morgan fingerprint density at radius 3 is 2.45 bits per heavy atom. The monoisotopic (exact) mass is 297 g/mol. The maximum absolute atomic E-state index is 12.0. The number of nitrogens with one attached hydrogen (secondary N) is 1. The van der Waals surface area contributed by atoms with Crippen molar-refractivity contribution in [2.24, 2.45) is 11.8 Å². The van der Waals surface area contributed by atoms with Crippen LogP contribution in [0.25, 0.3) is 0 Å². The molecule has 0 saturated heterocycles. The van der Waals surface area contributed by atoms with Crippen molar-refractivity contribution in [3.63, 3.8) is 0 Å². The maximum Gasteiger partial charge on any atom is 0.341 e. The predicted molar refractivity (Wildman–Crippen MR) is 73.0 cm³/mol. The van der Waals surface area contributed by atoms with Crippen molar-refractivity contribution in [1.29, 1.82) is 0 Å². The van der Waals surface area contributed by atoms with Gasteiger partial charge >= 0.3 is 11.9 Å². The van der Waals surface area contributed by atoms with Crippen LogP contribution in [-0.4, -0.2) is 30.1 Å². The fourth-order valence-corrected chi connectivity index (χ4v) is 3.08. The van der Waals surface area contributed by atoms with Gasteiger partial charge in [-0.25, -0.2) is 4.79 Å². The van der Waals surface area contributed by atoms with Gasteiger partial charge in [0.15, 0.2) is 0 Å². The number of carboxylic acid groups (broad SMARTS) is 1. The molecule has 1 saturated carbocycles. The Labute approximate surface area is 119 Å². The zero-order valence-corrected chi connectivity index (χ0v) is 12.2. The lowest BCUT2D eigenvalue weighted by atomic mass is 10.1. The zero-order valence-electron chi connectivity index (χ0n) is 11.4. The summed E-state index contributed by atoms with van der Waals surface area (Å²) in [6.07, 6.45) is 0.345. The third kappa shape index (κ3) is 2.53. The van der Waals surface area contributed by atoms with Crippen molar-refractivity contribution in [2.75, 3.05) is 12.4 Å². The normalized spacial score (nSPS) is 20.4. The van der Waals surface area contributed by atoms with E-state index in [4.69, 9.17) is 9.84 Å². The van der Waals surface area contributed by atoms with Gasteiger partial charge in [-0.3, -0.25) is 9.59 Å². The molecule has 0 unspecified atom stereocenters. The Hall–Kier alpha value is -1.89. The quantitative estimate of drug-likeness (QED) is 0.827. The van der Waals surface area contributed by atoms with Crippen LogP contribution in [0.5, 0.6) is 0 Å². The molecule has 6 nitrogen and oxygen atoms in total. The van der Waals surface area contributed by atoms with Crippen LogP contribution in [0.2, 0.25) is 0 Å². The highest BCUT2D eigenvalue weighted by molar-refractivity contribution is 7.16.